The maximum Gasteiger partial charge on any atom is 0.136 e. The summed E-state index contributed by atoms with van der Waals surface area (Å²) in [5.74, 6) is 1.10. The van der Waals surface area contributed by atoms with Crippen molar-refractivity contribution in [2.24, 2.45) is 0 Å². The third kappa shape index (κ3) is 2.21. The smallest absolute Gasteiger partial charge is 0.136 e. The third-order valence-corrected chi connectivity index (χ3v) is 3.41. The quantitative estimate of drug-likeness (QED) is 0.806. The van der Waals surface area contributed by atoms with E-state index in [1.165, 1.54) is 24.8 Å². The molecule has 3 nitrogen and oxygen atoms in total. The second kappa shape index (κ2) is 5.17. The average molecular weight is 239 g/mol. The molecule has 0 aliphatic carbocycles. The lowest BCUT2D eigenvalue weighted by Gasteiger charge is -2.29. The molecule has 0 amide bonds. The van der Waals surface area contributed by atoms with E-state index < -0.39 is 0 Å². The molecule has 0 atom stereocenters. The Balaban J connectivity index is 1.99. The summed E-state index contributed by atoms with van der Waals surface area (Å²) >= 11 is 0. The summed E-state index contributed by atoms with van der Waals surface area (Å²) in [6.45, 7) is 2.23. The Morgan fingerprint density at radius 3 is 2.56 bits per heavy atom. The fourth-order valence-electron chi connectivity index (χ4n) is 2.50. The summed E-state index contributed by atoms with van der Waals surface area (Å²) in [6.07, 6.45) is 9.46. The van der Waals surface area contributed by atoms with Crippen molar-refractivity contribution in [3.8, 4) is 11.1 Å². The first kappa shape index (κ1) is 11.2. The second-order valence-electron chi connectivity index (χ2n) is 4.66. The van der Waals surface area contributed by atoms with Gasteiger partial charge in [-0.2, -0.15) is 0 Å². The largest absolute Gasteiger partial charge is 0.356 e. The molecule has 1 aliphatic heterocycles. The van der Waals surface area contributed by atoms with Gasteiger partial charge >= 0.3 is 0 Å². The van der Waals surface area contributed by atoms with Crippen molar-refractivity contribution >= 4 is 5.82 Å². The lowest BCUT2D eigenvalue weighted by atomic mass is 10.1. The standard InChI is InChI=1S/C15H17N3/c1-2-10-18(11-3-1)15-14(7-5-9-17-15)13-6-4-8-16-12-13/h4-9,12H,1-3,10-11H2. The van der Waals surface area contributed by atoms with Crippen LogP contribution in [0.5, 0.6) is 0 Å². The minimum absolute atomic E-state index is 1.10. The number of rotatable bonds is 2. The van der Waals surface area contributed by atoms with Crippen LogP contribution in [0.4, 0.5) is 5.82 Å². The molecule has 92 valence electrons. The van der Waals surface area contributed by atoms with Crippen LogP contribution in [-0.2, 0) is 0 Å². The molecule has 0 radical (unpaired) electrons. The fraction of sp³-hybridized carbons (Fsp3) is 0.333. The summed E-state index contributed by atoms with van der Waals surface area (Å²) in [7, 11) is 0. The van der Waals surface area contributed by atoms with Crippen LogP contribution in [0.2, 0.25) is 0 Å². The van der Waals surface area contributed by atoms with Gasteiger partial charge in [-0.3, -0.25) is 4.98 Å². The van der Waals surface area contributed by atoms with Crippen LogP contribution in [-0.4, -0.2) is 23.1 Å². The maximum atomic E-state index is 4.58. The lowest BCUT2D eigenvalue weighted by molar-refractivity contribution is 0.574. The Bertz CT molecular complexity index is 504. The summed E-state index contributed by atoms with van der Waals surface area (Å²) < 4.78 is 0. The first-order valence-corrected chi connectivity index (χ1v) is 6.55. The third-order valence-electron chi connectivity index (χ3n) is 3.41. The zero-order chi connectivity index (χ0) is 12.2. The van der Waals surface area contributed by atoms with Gasteiger partial charge in [-0.1, -0.05) is 6.07 Å². The van der Waals surface area contributed by atoms with Crippen LogP contribution in [0.3, 0.4) is 0 Å². The number of nitrogens with zero attached hydrogens (tertiary/aromatic N) is 3. The molecule has 1 aliphatic rings. The molecule has 3 rings (SSSR count). The van der Waals surface area contributed by atoms with Gasteiger partial charge in [0, 0.05) is 42.8 Å². The molecular formula is C15H17N3. The molecule has 1 saturated heterocycles. The minimum atomic E-state index is 1.10. The number of piperidine rings is 1. The number of aromatic nitrogens is 2. The molecule has 18 heavy (non-hydrogen) atoms. The molecule has 0 unspecified atom stereocenters. The van der Waals surface area contributed by atoms with Gasteiger partial charge in [0.25, 0.3) is 0 Å². The van der Waals surface area contributed by atoms with Crippen LogP contribution in [0.15, 0.2) is 42.9 Å². The van der Waals surface area contributed by atoms with E-state index in [1.807, 2.05) is 24.5 Å². The van der Waals surface area contributed by atoms with Crippen molar-refractivity contribution in [2.75, 3.05) is 18.0 Å². The Morgan fingerprint density at radius 2 is 1.78 bits per heavy atom. The van der Waals surface area contributed by atoms with Crippen LogP contribution in [0, 0.1) is 0 Å². The lowest BCUT2D eigenvalue weighted by Crippen LogP contribution is -2.30. The van der Waals surface area contributed by atoms with Crippen molar-refractivity contribution in [3.63, 3.8) is 0 Å². The van der Waals surface area contributed by atoms with Gasteiger partial charge in [-0.25, -0.2) is 4.98 Å². The van der Waals surface area contributed by atoms with E-state index in [2.05, 4.69) is 27.0 Å². The molecule has 2 aromatic rings. The molecule has 0 saturated carbocycles. The molecule has 0 bridgehead atoms. The van der Waals surface area contributed by atoms with Crippen LogP contribution in [0.1, 0.15) is 19.3 Å². The first-order chi connectivity index (χ1) is 8.95. The molecule has 1 fully saturated rings. The van der Waals surface area contributed by atoms with Crippen LogP contribution < -0.4 is 4.90 Å². The van der Waals surface area contributed by atoms with Gasteiger partial charge in [-0.05, 0) is 37.5 Å². The highest BCUT2D eigenvalue weighted by Gasteiger charge is 2.16. The molecule has 0 spiro atoms. The van der Waals surface area contributed by atoms with Gasteiger partial charge in [0.1, 0.15) is 5.82 Å². The SMILES string of the molecule is c1cncc(-c2cccnc2N2CCCCC2)c1. The Hall–Kier alpha value is -1.90. The number of anilines is 1. The molecule has 2 aromatic heterocycles. The van der Waals surface area contributed by atoms with E-state index >= 15 is 0 Å². The van der Waals surface area contributed by atoms with Crippen molar-refractivity contribution in [3.05, 3.63) is 42.9 Å². The van der Waals surface area contributed by atoms with Crippen molar-refractivity contribution < 1.29 is 0 Å². The predicted molar refractivity (Wildman–Crippen MR) is 73.5 cm³/mol. The highest BCUT2D eigenvalue weighted by Crippen LogP contribution is 2.29. The zero-order valence-corrected chi connectivity index (χ0v) is 10.4. The predicted octanol–water partition coefficient (Wildman–Crippen LogP) is 3.13. The van der Waals surface area contributed by atoms with E-state index in [9.17, 15) is 0 Å². The van der Waals surface area contributed by atoms with Gasteiger partial charge in [0.05, 0.1) is 0 Å². The first-order valence-electron chi connectivity index (χ1n) is 6.55. The Kier molecular flexibility index (Phi) is 3.22. The molecule has 3 heterocycles. The van der Waals surface area contributed by atoms with Gasteiger partial charge in [0.2, 0.25) is 0 Å². The zero-order valence-electron chi connectivity index (χ0n) is 10.4. The van der Waals surface area contributed by atoms with Gasteiger partial charge in [0.15, 0.2) is 0 Å². The number of hydrogen-bond acceptors (Lipinski definition) is 3. The van der Waals surface area contributed by atoms with Crippen molar-refractivity contribution in [1.29, 1.82) is 0 Å². The van der Waals surface area contributed by atoms with E-state index in [-0.39, 0.29) is 0 Å². The van der Waals surface area contributed by atoms with Crippen molar-refractivity contribution in [2.45, 2.75) is 19.3 Å². The Labute approximate surface area is 108 Å². The number of hydrogen-bond donors (Lipinski definition) is 0. The van der Waals surface area contributed by atoms with Gasteiger partial charge < -0.3 is 4.90 Å². The molecular weight excluding hydrogens is 222 g/mol. The van der Waals surface area contributed by atoms with E-state index in [0.717, 1.165) is 24.5 Å². The molecule has 0 aromatic carbocycles. The van der Waals surface area contributed by atoms with E-state index in [1.54, 1.807) is 6.20 Å². The van der Waals surface area contributed by atoms with E-state index in [0.29, 0.717) is 0 Å². The summed E-state index contributed by atoms with van der Waals surface area (Å²) in [5, 5.41) is 0. The van der Waals surface area contributed by atoms with Crippen molar-refractivity contribution in [1.82, 2.24) is 9.97 Å². The molecule has 3 heteroatoms. The monoisotopic (exact) mass is 239 g/mol. The van der Waals surface area contributed by atoms with Gasteiger partial charge in [-0.15, -0.1) is 0 Å². The second-order valence-corrected chi connectivity index (χ2v) is 4.66. The summed E-state index contributed by atoms with van der Waals surface area (Å²) in [5.41, 5.74) is 2.33. The fourth-order valence-corrected chi connectivity index (χ4v) is 2.50. The minimum Gasteiger partial charge on any atom is -0.356 e. The van der Waals surface area contributed by atoms with Crippen LogP contribution in [0.25, 0.3) is 11.1 Å². The average Bonchev–Trinajstić information content (AvgIpc) is 2.49. The number of pyridine rings is 2. The highest BCUT2D eigenvalue weighted by molar-refractivity contribution is 5.75. The van der Waals surface area contributed by atoms with E-state index in [4.69, 9.17) is 0 Å². The van der Waals surface area contributed by atoms with Crippen LogP contribution >= 0.6 is 0 Å². The Morgan fingerprint density at radius 1 is 0.944 bits per heavy atom. The normalized spacial score (nSPS) is 15.7. The summed E-state index contributed by atoms with van der Waals surface area (Å²) in [6, 6.07) is 8.20. The topological polar surface area (TPSA) is 29.0 Å². The summed E-state index contributed by atoms with van der Waals surface area (Å²) in [4.78, 5) is 11.2. The maximum absolute atomic E-state index is 4.58. The molecule has 0 N–H and O–H groups in total. The highest BCUT2D eigenvalue weighted by atomic mass is 15.2.